The zero-order valence-electron chi connectivity index (χ0n) is 15.1. The quantitative estimate of drug-likeness (QED) is 0.245. The van der Waals surface area contributed by atoms with Crippen LogP contribution in [0.25, 0.3) is 0 Å². The summed E-state index contributed by atoms with van der Waals surface area (Å²) in [4.78, 5) is 4.21. The highest BCUT2D eigenvalue weighted by Crippen LogP contribution is 2.13. The molecule has 25 heavy (non-hydrogen) atoms. The molecule has 0 aliphatic carbocycles. The maximum atomic E-state index is 5.31. The second-order valence-corrected chi connectivity index (χ2v) is 5.87. The topological polar surface area (TPSA) is 74.5 Å². The molecule has 0 saturated heterocycles. The Morgan fingerprint density at radius 1 is 1.16 bits per heavy atom. The third-order valence-corrected chi connectivity index (χ3v) is 3.57. The van der Waals surface area contributed by atoms with Gasteiger partial charge in [0.2, 0.25) is 0 Å². The van der Waals surface area contributed by atoms with Gasteiger partial charge >= 0.3 is 0 Å². The summed E-state index contributed by atoms with van der Waals surface area (Å²) in [7, 11) is 1.76. The van der Waals surface area contributed by atoms with Gasteiger partial charge in [-0.05, 0) is 24.5 Å². The molecule has 1 aromatic heterocycles. The lowest BCUT2D eigenvalue weighted by Crippen LogP contribution is -2.37. The fourth-order valence-corrected chi connectivity index (χ4v) is 2.16. The number of nitrogens with zero attached hydrogens (tertiary/aromatic N) is 2. The highest BCUT2D eigenvalue weighted by atomic mass is 127. The molecular formula is C18H28IN5O. The van der Waals surface area contributed by atoms with Crippen molar-refractivity contribution in [1.82, 2.24) is 15.8 Å². The van der Waals surface area contributed by atoms with Gasteiger partial charge in [-0.2, -0.15) is 0 Å². The number of anilines is 1. The van der Waals surface area contributed by atoms with Crippen molar-refractivity contribution in [1.29, 1.82) is 0 Å². The molecule has 0 amide bonds. The highest BCUT2D eigenvalue weighted by Gasteiger charge is 2.07. The molecule has 1 heterocycles. The number of hydrogen-bond acceptors (Lipinski definition) is 4. The largest absolute Gasteiger partial charge is 0.385 e. The normalized spacial score (nSPS) is 11.1. The summed E-state index contributed by atoms with van der Waals surface area (Å²) in [5.74, 6) is 1.95. The highest BCUT2D eigenvalue weighted by molar-refractivity contribution is 14.0. The molecule has 0 aliphatic rings. The molecule has 0 fully saturated rings. The van der Waals surface area contributed by atoms with E-state index in [1.807, 2.05) is 24.3 Å². The van der Waals surface area contributed by atoms with Gasteiger partial charge in [0, 0.05) is 31.9 Å². The smallest absolute Gasteiger partial charge is 0.191 e. The second-order valence-electron chi connectivity index (χ2n) is 5.87. The van der Waals surface area contributed by atoms with Crippen molar-refractivity contribution < 1.29 is 4.52 Å². The van der Waals surface area contributed by atoms with Crippen molar-refractivity contribution in [2.75, 3.05) is 25.5 Å². The van der Waals surface area contributed by atoms with E-state index in [4.69, 9.17) is 4.52 Å². The molecule has 6 nitrogen and oxygen atoms in total. The molecule has 2 aromatic rings. The van der Waals surface area contributed by atoms with E-state index in [0.29, 0.717) is 12.5 Å². The minimum atomic E-state index is 0. The van der Waals surface area contributed by atoms with Crippen LogP contribution in [0.4, 0.5) is 5.69 Å². The predicted octanol–water partition coefficient (Wildman–Crippen LogP) is 3.58. The third kappa shape index (κ3) is 7.76. The van der Waals surface area contributed by atoms with Crippen molar-refractivity contribution in [3.63, 3.8) is 0 Å². The number of halogens is 1. The summed E-state index contributed by atoms with van der Waals surface area (Å²) >= 11 is 0. The van der Waals surface area contributed by atoms with E-state index in [1.165, 1.54) is 0 Å². The minimum absolute atomic E-state index is 0. The number of para-hydroxylation sites is 1. The zero-order chi connectivity index (χ0) is 17.2. The Morgan fingerprint density at radius 3 is 2.56 bits per heavy atom. The Labute approximate surface area is 166 Å². The number of aromatic nitrogens is 1. The van der Waals surface area contributed by atoms with E-state index < -0.39 is 0 Å². The average molecular weight is 457 g/mol. The monoisotopic (exact) mass is 457 g/mol. The summed E-state index contributed by atoms with van der Waals surface area (Å²) < 4.78 is 5.31. The minimum Gasteiger partial charge on any atom is -0.385 e. The Hall–Kier alpha value is -1.77. The summed E-state index contributed by atoms with van der Waals surface area (Å²) in [6, 6.07) is 12.2. The Balaban J connectivity index is 0.00000312. The number of guanidine groups is 1. The van der Waals surface area contributed by atoms with E-state index in [-0.39, 0.29) is 24.0 Å². The molecule has 138 valence electrons. The van der Waals surface area contributed by atoms with Crippen LogP contribution in [0.5, 0.6) is 0 Å². The number of benzene rings is 1. The summed E-state index contributed by atoms with van der Waals surface area (Å²) in [5.41, 5.74) is 2.12. The van der Waals surface area contributed by atoms with E-state index >= 15 is 0 Å². The van der Waals surface area contributed by atoms with Crippen molar-refractivity contribution in [3.8, 4) is 0 Å². The molecule has 3 N–H and O–H groups in total. The fraction of sp³-hybridized carbons (Fsp3) is 0.444. The van der Waals surface area contributed by atoms with Crippen LogP contribution >= 0.6 is 24.0 Å². The predicted molar refractivity (Wildman–Crippen MR) is 114 cm³/mol. The molecule has 0 aliphatic heterocycles. The van der Waals surface area contributed by atoms with Crippen LogP contribution in [0.1, 0.15) is 37.6 Å². The summed E-state index contributed by atoms with van der Waals surface area (Å²) in [6.45, 7) is 6.51. The fourth-order valence-electron chi connectivity index (χ4n) is 2.16. The standard InChI is InChI=1S/C18H27N5O.HI/c1-14(2)17-12-16(24-23-17)13-22-18(19-3)21-11-7-10-20-15-8-5-4-6-9-15;/h4-6,8-9,12,14,20H,7,10-11,13H2,1-3H3,(H2,19,21,22);1H. The van der Waals surface area contributed by atoms with Gasteiger partial charge in [0.1, 0.15) is 0 Å². The van der Waals surface area contributed by atoms with Crippen molar-refractivity contribution in [3.05, 3.63) is 47.9 Å². The van der Waals surface area contributed by atoms with Gasteiger partial charge in [0.25, 0.3) is 0 Å². The van der Waals surface area contributed by atoms with Gasteiger partial charge in [-0.15, -0.1) is 24.0 Å². The lowest BCUT2D eigenvalue weighted by atomic mass is 10.1. The van der Waals surface area contributed by atoms with Gasteiger partial charge in [0.05, 0.1) is 12.2 Å². The van der Waals surface area contributed by atoms with Crippen LogP contribution in [-0.2, 0) is 6.54 Å². The molecule has 7 heteroatoms. The second kappa shape index (κ2) is 11.7. The molecule has 0 radical (unpaired) electrons. The maximum Gasteiger partial charge on any atom is 0.191 e. The molecular weight excluding hydrogens is 429 g/mol. The Bertz CT molecular complexity index is 627. The van der Waals surface area contributed by atoms with Gasteiger partial charge in [-0.3, -0.25) is 4.99 Å². The number of rotatable bonds is 8. The first-order valence-corrected chi connectivity index (χ1v) is 8.38. The number of hydrogen-bond donors (Lipinski definition) is 3. The zero-order valence-corrected chi connectivity index (χ0v) is 17.4. The van der Waals surface area contributed by atoms with Gasteiger partial charge < -0.3 is 20.5 Å². The first-order chi connectivity index (χ1) is 11.7. The average Bonchev–Trinajstić information content (AvgIpc) is 3.07. The van der Waals surface area contributed by atoms with Crippen LogP contribution in [0.15, 0.2) is 45.9 Å². The Kier molecular flexibility index (Phi) is 9.98. The molecule has 0 spiro atoms. The Morgan fingerprint density at radius 2 is 1.92 bits per heavy atom. The molecule has 0 saturated carbocycles. The molecule has 0 atom stereocenters. The number of nitrogens with one attached hydrogen (secondary N) is 3. The van der Waals surface area contributed by atoms with Crippen LogP contribution in [0.3, 0.4) is 0 Å². The van der Waals surface area contributed by atoms with Crippen molar-refractivity contribution in [2.45, 2.75) is 32.7 Å². The van der Waals surface area contributed by atoms with Crippen LogP contribution < -0.4 is 16.0 Å². The van der Waals surface area contributed by atoms with Gasteiger partial charge in [-0.1, -0.05) is 37.2 Å². The molecule has 0 unspecified atom stereocenters. The van der Waals surface area contributed by atoms with Crippen LogP contribution in [-0.4, -0.2) is 31.3 Å². The lowest BCUT2D eigenvalue weighted by Gasteiger charge is -2.11. The van der Waals surface area contributed by atoms with Crippen molar-refractivity contribution >= 4 is 35.6 Å². The molecule has 0 bridgehead atoms. The van der Waals surface area contributed by atoms with Gasteiger partial charge in [-0.25, -0.2) is 0 Å². The van der Waals surface area contributed by atoms with Gasteiger partial charge in [0.15, 0.2) is 11.7 Å². The number of aliphatic imine (C=N–C) groups is 1. The third-order valence-electron chi connectivity index (χ3n) is 3.57. The SMILES string of the molecule is CN=C(NCCCNc1ccccc1)NCc1cc(C(C)C)no1.I. The van der Waals surface area contributed by atoms with E-state index in [2.05, 4.69) is 52.1 Å². The van der Waals surface area contributed by atoms with Crippen LogP contribution in [0, 0.1) is 0 Å². The maximum absolute atomic E-state index is 5.31. The van der Waals surface area contributed by atoms with E-state index in [9.17, 15) is 0 Å². The van der Waals surface area contributed by atoms with E-state index in [1.54, 1.807) is 7.05 Å². The summed E-state index contributed by atoms with van der Waals surface area (Å²) in [5, 5.41) is 14.0. The first-order valence-electron chi connectivity index (χ1n) is 8.38. The lowest BCUT2D eigenvalue weighted by molar-refractivity contribution is 0.372. The van der Waals surface area contributed by atoms with E-state index in [0.717, 1.165) is 42.6 Å². The molecule has 1 aromatic carbocycles. The summed E-state index contributed by atoms with van der Waals surface area (Å²) in [6.07, 6.45) is 0.995. The van der Waals surface area contributed by atoms with Crippen molar-refractivity contribution in [2.24, 2.45) is 4.99 Å². The molecule has 2 rings (SSSR count). The first kappa shape index (κ1) is 21.3. The van der Waals surface area contributed by atoms with Crippen LogP contribution in [0.2, 0.25) is 0 Å².